The summed E-state index contributed by atoms with van der Waals surface area (Å²) < 4.78 is 13.9. The Bertz CT molecular complexity index is 530. The Labute approximate surface area is 107 Å². The van der Waals surface area contributed by atoms with Crippen LogP contribution in [0.3, 0.4) is 0 Å². The molecule has 1 atom stereocenters. The molecule has 0 radical (unpaired) electrons. The van der Waals surface area contributed by atoms with Crippen molar-refractivity contribution in [1.29, 1.82) is 0 Å². The van der Waals surface area contributed by atoms with Gasteiger partial charge in [-0.3, -0.25) is 0 Å². The lowest BCUT2D eigenvalue weighted by molar-refractivity contribution is 0.629. The van der Waals surface area contributed by atoms with Crippen LogP contribution in [0.4, 0.5) is 4.39 Å². The fourth-order valence-electron chi connectivity index (χ4n) is 2.57. The minimum atomic E-state index is -0.143. The number of nitrogens with one attached hydrogen (secondary N) is 1. The van der Waals surface area contributed by atoms with Crippen molar-refractivity contribution in [1.82, 2.24) is 5.32 Å². The zero-order valence-corrected chi connectivity index (χ0v) is 10.2. The van der Waals surface area contributed by atoms with Gasteiger partial charge in [-0.15, -0.1) is 0 Å². The van der Waals surface area contributed by atoms with Crippen LogP contribution in [0.15, 0.2) is 48.5 Å². The second-order valence-electron chi connectivity index (χ2n) is 4.80. The van der Waals surface area contributed by atoms with E-state index in [2.05, 4.69) is 5.32 Å². The molecule has 2 aromatic carbocycles. The number of halogens is 1. The number of hydrogen-bond donors (Lipinski definition) is 1. The molecule has 0 spiro atoms. The fourth-order valence-corrected chi connectivity index (χ4v) is 2.57. The third kappa shape index (κ3) is 2.16. The van der Waals surface area contributed by atoms with E-state index in [0.29, 0.717) is 11.5 Å². The fraction of sp³-hybridized carbons (Fsp3) is 0.250. The SMILES string of the molecule is Fc1ccc(C2CCNC2)cc1-c1ccccc1. The Balaban J connectivity index is 2.01. The highest BCUT2D eigenvalue weighted by atomic mass is 19.1. The molecule has 1 fully saturated rings. The summed E-state index contributed by atoms with van der Waals surface area (Å²) in [6.45, 7) is 2.06. The topological polar surface area (TPSA) is 12.0 Å². The van der Waals surface area contributed by atoms with E-state index < -0.39 is 0 Å². The molecule has 18 heavy (non-hydrogen) atoms. The molecule has 2 heteroatoms. The minimum Gasteiger partial charge on any atom is -0.316 e. The molecular formula is C16H16FN. The van der Waals surface area contributed by atoms with E-state index >= 15 is 0 Å². The van der Waals surface area contributed by atoms with Crippen LogP contribution in [0.1, 0.15) is 17.9 Å². The summed E-state index contributed by atoms with van der Waals surface area (Å²) in [5.41, 5.74) is 2.89. The molecular weight excluding hydrogens is 225 g/mol. The molecule has 1 heterocycles. The Morgan fingerprint density at radius 1 is 1.06 bits per heavy atom. The maximum atomic E-state index is 13.9. The highest BCUT2D eigenvalue weighted by Gasteiger charge is 2.18. The second-order valence-corrected chi connectivity index (χ2v) is 4.80. The molecule has 92 valence electrons. The molecule has 1 nitrogen and oxygen atoms in total. The second kappa shape index (κ2) is 4.91. The Morgan fingerprint density at radius 2 is 1.89 bits per heavy atom. The zero-order chi connectivity index (χ0) is 12.4. The van der Waals surface area contributed by atoms with Gasteiger partial charge in [0.1, 0.15) is 5.82 Å². The van der Waals surface area contributed by atoms with Crippen LogP contribution in [-0.4, -0.2) is 13.1 Å². The van der Waals surface area contributed by atoms with Crippen LogP contribution in [-0.2, 0) is 0 Å². The summed E-state index contributed by atoms with van der Waals surface area (Å²) in [6, 6.07) is 15.3. The monoisotopic (exact) mass is 241 g/mol. The van der Waals surface area contributed by atoms with E-state index in [9.17, 15) is 4.39 Å². The highest BCUT2D eigenvalue weighted by Crippen LogP contribution is 2.29. The van der Waals surface area contributed by atoms with Gasteiger partial charge in [-0.2, -0.15) is 0 Å². The standard InChI is InChI=1S/C16H16FN/c17-16-7-6-13(14-8-9-18-11-14)10-15(16)12-4-2-1-3-5-12/h1-7,10,14,18H,8-9,11H2. The summed E-state index contributed by atoms with van der Waals surface area (Å²) in [5.74, 6) is 0.379. The summed E-state index contributed by atoms with van der Waals surface area (Å²) in [4.78, 5) is 0. The Morgan fingerprint density at radius 3 is 2.61 bits per heavy atom. The molecule has 1 saturated heterocycles. The first-order valence-corrected chi connectivity index (χ1v) is 6.40. The molecule has 2 aromatic rings. The third-order valence-electron chi connectivity index (χ3n) is 3.61. The van der Waals surface area contributed by atoms with Crippen molar-refractivity contribution in [2.75, 3.05) is 13.1 Å². The van der Waals surface area contributed by atoms with Gasteiger partial charge in [0.15, 0.2) is 0 Å². The molecule has 1 aliphatic rings. The van der Waals surface area contributed by atoms with Crippen molar-refractivity contribution in [2.24, 2.45) is 0 Å². The number of rotatable bonds is 2. The Hall–Kier alpha value is -1.67. The normalized spacial score (nSPS) is 19.1. The van der Waals surface area contributed by atoms with Crippen LogP contribution in [0.5, 0.6) is 0 Å². The quantitative estimate of drug-likeness (QED) is 0.847. The van der Waals surface area contributed by atoms with Crippen LogP contribution in [0.2, 0.25) is 0 Å². The Kier molecular flexibility index (Phi) is 3.11. The van der Waals surface area contributed by atoms with Gasteiger partial charge < -0.3 is 5.32 Å². The first kappa shape index (κ1) is 11.4. The van der Waals surface area contributed by atoms with Crippen molar-refractivity contribution in [3.63, 3.8) is 0 Å². The van der Waals surface area contributed by atoms with E-state index in [-0.39, 0.29) is 5.82 Å². The van der Waals surface area contributed by atoms with E-state index in [4.69, 9.17) is 0 Å². The average Bonchev–Trinajstić information content (AvgIpc) is 2.94. The molecule has 0 amide bonds. The molecule has 0 saturated carbocycles. The van der Waals surface area contributed by atoms with Crippen molar-refractivity contribution in [2.45, 2.75) is 12.3 Å². The van der Waals surface area contributed by atoms with Gasteiger partial charge in [0.25, 0.3) is 0 Å². The van der Waals surface area contributed by atoms with Gasteiger partial charge in [0.05, 0.1) is 0 Å². The van der Waals surface area contributed by atoms with Crippen molar-refractivity contribution >= 4 is 0 Å². The summed E-state index contributed by atoms with van der Waals surface area (Å²) >= 11 is 0. The summed E-state index contributed by atoms with van der Waals surface area (Å²) in [6.07, 6.45) is 1.14. The summed E-state index contributed by atoms with van der Waals surface area (Å²) in [7, 11) is 0. The average molecular weight is 241 g/mol. The first-order chi connectivity index (χ1) is 8.84. The van der Waals surface area contributed by atoms with Gasteiger partial charge >= 0.3 is 0 Å². The minimum absolute atomic E-state index is 0.143. The van der Waals surface area contributed by atoms with E-state index in [1.54, 1.807) is 6.07 Å². The van der Waals surface area contributed by atoms with Crippen molar-refractivity contribution < 1.29 is 4.39 Å². The third-order valence-corrected chi connectivity index (χ3v) is 3.61. The predicted molar refractivity (Wildman–Crippen MR) is 72.1 cm³/mol. The molecule has 3 rings (SSSR count). The van der Waals surface area contributed by atoms with Gasteiger partial charge in [-0.1, -0.05) is 36.4 Å². The van der Waals surface area contributed by atoms with Gasteiger partial charge in [0.2, 0.25) is 0 Å². The largest absolute Gasteiger partial charge is 0.316 e. The maximum Gasteiger partial charge on any atom is 0.131 e. The maximum absolute atomic E-state index is 13.9. The smallest absolute Gasteiger partial charge is 0.131 e. The van der Waals surface area contributed by atoms with Gasteiger partial charge in [-0.05, 0) is 42.1 Å². The first-order valence-electron chi connectivity index (χ1n) is 6.40. The molecule has 1 N–H and O–H groups in total. The molecule has 1 unspecified atom stereocenters. The van der Waals surface area contributed by atoms with E-state index in [0.717, 1.165) is 25.1 Å². The van der Waals surface area contributed by atoms with Gasteiger partial charge in [0, 0.05) is 12.1 Å². The number of benzene rings is 2. The van der Waals surface area contributed by atoms with Crippen LogP contribution < -0.4 is 5.32 Å². The molecule has 1 aliphatic heterocycles. The van der Waals surface area contributed by atoms with Crippen molar-refractivity contribution in [3.8, 4) is 11.1 Å². The van der Waals surface area contributed by atoms with Crippen LogP contribution in [0.25, 0.3) is 11.1 Å². The molecule has 0 aliphatic carbocycles. The van der Waals surface area contributed by atoms with Crippen LogP contribution >= 0.6 is 0 Å². The van der Waals surface area contributed by atoms with Crippen LogP contribution in [0, 0.1) is 5.82 Å². The predicted octanol–water partition coefficient (Wildman–Crippen LogP) is 3.57. The molecule has 0 bridgehead atoms. The lowest BCUT2D eigenvalue weighted by Gasteiger charge is -2.11. The lowest BCUT2D eigenvalue weighted by atomic mass is 9.94. The van der Waals surface area contributed by atoms with Gasteiger partial charge in [-0.25, -0.2) is 4.39 Å². The lowest BCUT2D eigenvalue weighted by Crippen LogP contribution is -2.08. The molecule has 0 aromatic heterocycles. The highest BCUT2D eigenvalue weighted by molar-refractivity contribution is 5.65. The van der Waals surface area contributed by atoms with E-state index in [1.165, 1.54) is 5.56 Å². The van der Waals surface area contributed by atoms with Crippen molar-refractivity contribution in [3.05, 3.63) is 59.9 Å². The zero-order valence-electron chi connectivity index (χ0n) is 10.2. The van der Waals surface area contributed by atoms with E-state index in [1.807, 2.05) is 42.5 Å². The summed E-state index contributed by atoms with van der Waals surface area (Å²) in [5, 5.41) is 3.35. The number of hydrogen-bond acceptors (Lipinski definition) is 1.